The van der Waals surface area contributed by atoms with Crippen molar-refractivity contribution in [3.8, 4) is 0 Å². The van der Waals surface area contributed by atoms with Crippen molar-refractivity contribution in [2.75, 3.05) is 31.5 Å². The maximum Gasteiger partial charge on any atom is 0.293 e. The fourth-order valence-electron chi connectivity index (χ4n) is 3.18. The molecule has 0 saturated carbocycles. The fourth-order valence-corrected chi connectivity index (χ4v) is 3.18. The fraction of sp³-hybridized carbons (Fsp3) is 0.350. The van der Waals surface area contributed by atoms with Gasteiger partial charge in [-0.3, -0.25) is 13.6 Å². The van der Waals surface area contributed by atoms with Crippen LogP contribution in [0.15, 0.2) is 30.5 Å². The summed E-state index contributed by atoms with van der Waals surface area (Å²) in [6.45, 7) is 0.410. The van der Waals surface area contributed by atoms with E-state index in [2.05, 4.69) is 20.3 Å². The standard InChI is InChI=1S/C20H23F2N5O2/c1-3-20(10-21,11-22)14-8-24-17-15(14)16(23)26-18(27-17)19(28)25-13-6-4-12(5-7-13)9-29-2/h4-8H,3,9-11H2,1-2H3,(H,25,28)(H3,23,24,26,27). The molecule has 154 valence electrons. The number of benzene rings is 1. The van der Waals surface area contributed by atoms with E-state index in [0.717, 1.165) is 5.56 Å². The van der Waals surface area contributed by atoms with Gasteiger partial charge in [0.15, 0.2) is 0 Å². The third-order valence-corrected chi connectivity index (χ3v) is 5.05. The number of alkyl halides is 2. The lowest BCUT2D eigenvalue weighted by Gasteiger charge is -2.26. The number of nitrogens with two attached hydrogens (primary N) is 1. The van der Waals surface area contributed by atoms with Crippen LogP contribution in [0.4, 0.5) is 20.3 Å². The van der Waals surface area contributed by atoms with E-state index in [4.69, 9.17) is 10.5 Å². The summed E-state index contributed by atoms with van der Waals surface area (Å²) in [6.07, 6.45) is 1.72. The molecule has 0 radical (unpaired) electrons. The minimum absolute atomic E-state index is 0.00781. The molecule has 29 heavy (non-hydrogen) atoms. The molecule has 4 N–H and O–H groups in total. The topological polar surface area (TPSA) is 106 Å². The molecule has 0 aliphatic rings. The molecule has 7 nitrogen and oxygen atoms in total. The van der Waals surface area contributed by atoms with E-state index in [1.807, 2.05) is 12.1 Å². The molecule has 1 aromatic carbocycles. The van der Waals surface area contributed by atoms with Gasteiger partial charge in [-0.1, -0.05) is 19.1 Å². The normalized spacial score (nSPS) is 11.7. The molecule has 0 unspecified atom stereocenters. The summed E-state index contributed by atoms with van der Waals surface area (Å²) in [5.74, 6) is -0.703. The second kappa shape index (κ2) is 8.52. The number of hydrogen-bond acceptors (Lipinski definition) is 5. The average molecular weight is 403 g/mol. The van der Waals surface area contributed by atoms with Crippen LogP contribution >= 0.6 is 0 Å². The molecule has 3 aromatic rings. The Labute approximate surface area is 166 Å². The summed E-state index contributed by atoms with van der Waals surface area (Å²) in [5, 5.41) is 3.03. The lowest BCUT2D eigenvalue weighted by atomic mass is 9.80. The molecule has 0 atom stereocenters. The van der Waals surface area contributed by atoms with Crippen molar-refractivity contribution in [3.05, 3.63) is 47.4 Å². The number of nitrogens with one attached hydrogen (secondary N) is 2. The molecule has 0 aliphatic carbocycles. The zero-order valence-corrected chi connectivity index (χ0v) is 16.3. The van der Waals surface area contributed by atoms with Gasteiger partial charge in [0, 0.05) is 19.0 Å². The number of hydrogen-bond donors (Lipinski definition) is 3. The number of fused-ring (bicyclic) bond motifs is 1. The van der Waals surface area contributed by atoms with Crippen LogP contribution in [-0.4, -0.2) is 41.3 Å². The van der Waals surface area contributed by atoms with Crippen molar-refractivity contribution in [1.29, 1.82) is 0 Å². The number of halogens is 2. The van der Waals surface area contributed by atoms with Crippen molar-refractivity contribution in [1.82, 2.24) is 15.0 Å². The first kappa shape index (κ1) is 20.7. The summed E-state index contributed by atoms with van der Waals surface area (Å²) < 4.78 is 32.4. The van der Waals surface area contributed by atoms with Crippen molar-refractivity contribution in [2.45, 2.75) is 25.4 Å². The predicted octanol–water partition coefficient (Wildman–Crippen LogP) is 3.53. The van der Waals surface area contributed by atoms with Gasteiger partial charge in [-0.2, -0.15) is 0 Å². The highest BCUT2D eigenvalue weighted by Gasteiger charge is 2.35. The quantitative estimate of drug-likeness (QED) is 0.534. The third-order valence-electron chi connectivity index (χ3n) is 5.05. The van der Waals surface area contributed by atoms with Crippen molar-refractivity contribution in [3.63, 3.8) is 0 Å². The maximum absolute atomic E-state index is 13.7. The SMILES string of the molecule is CCC(CF)(CF)c1c[nH]c2nc(C(=O)Nc3ccc(COC)cc3)nc(N)c12. The second-order valence-electron chi connectivity index (χ2n) is 6.84. The number of ether oxygens (including phenoxy) is 1. The molecular formula is C20H23F2N5O2. The number of amides is 1. The van der Waals surface area contributed by atoms with Crippen LogP contribution in [0.2, 0.25) is 0 Å². The van der Waals surface area contributed by atoms with Crippen LogP contribution in [0.25, 0.3) is 11.0 Å². The van der Waals surface area contributed by atoms with Gasteiger partial charge in [-0.15, -0.1) is 0 Å². The first-order valence-electron chi connectivity index (χ1n) is 9.14. The summed E-state index contributed by atoms with van der Waals surface area (Å²) in [4.78, 5) is 23.7. The largest absolute Gasteiger partial charge is 0.383 e. The highest BCUT2D eigenvalue weighted by atomic mass is 19.1. The van der Waals surface area contributed by atoms with Crippen molar-refractivity contribution >= 4 is 28.4 Å². The molecule has 0 bridgehead atoms. The van der Waals surface area contributed by atoms with Gasteiger partial charge in [-0.25, -0.2) is 9.97 Å². The minimum Gasteiger partial charge on any atom is -0.383 e. The van der Waals surface area contributed by atoms with E-state index >= 15 is 0 Å². The van der Waals surface area contributed by atoms with Crippen LogP contribution in [0.1, 0.15) is 35.1 Å². The van der Waals surface area contributed by atoms with Crippen LogP contribution in [0, 0.1) is 0 Å². The molecule has 1 amide bonds. The van der Waals surface area contributed by atoms with E-state index in [0.29, 0.717) is 23.2 Å². The van der Waals surface area contributed by atoms with Gasteiger partial charge in [0.25, 0.3) is 5.91 Å². The van der Waals surface area contributed by atoms with Gasteiger partial charge in [-0.05, 0) is 29.7 Å². The Bertz CT molecular complexity index is 992. The number of carbonyl (C=O) groups excluding carboxylic acids is 1. The van der Waals surface area contributed by atoms with E-state index in [1.54, 1.807) is 26.2 Å². The summed E-state index contributed by atoms with van der Waals surface area (Å²) in [5.41, 5.74) is 6.88. The summed E-state index contributed by atoms with van der Waals surface area (Å²) >= 11 is 0. The Morgan fingerprint density at radius 2 is 1.93 bits per heavy atom. The van der Waals surface area contributed by atoms with Gasteiger partial charge in [0.1, 0.15) is 24.8 Å². The second-order valence-corrected chi connectivity index (χ2v) is 6.84. The van der Waals surface area contributed by atoms with Crippen molar-refractivity contribution < 1.29 is 18.3 Å². The smallest absolute Gasteiger partial charge is 0.293 e. The molecule has 3 rings (SSSR count). The number of aromatic nitrogens is 3. The van der Waals surface area contributed by atoms with Crippen LogP contribution in [-0.2, 0) is 16.8 Å². The van der Waals surface area contributed by atoms with Gasteiger partial charge in [0.05, 0.1) is 17.4 Å². The molecule has 9 heteroatoms. The van der Waals surface area contributed by atoms with E-state index in [9.17, 15) is 13.6 Å². The first-order valence-corrected chi connectivity index (χ1v) is 9.14. The van der Waals surface area contributed by atoms with E-state index < -0.39 is 24.7 Å². The minimum atomic E-state index is -1.32. The van der Waals surface area contributed by atoms with Crippen LogP contribution < -0.4 is 11.1 Å². The number of nitrogen functional groups attached to an aromatic ring is 1. The molecule has 2 heterocycles. The lowest BCUT2D eigenvalue weighted by molar-refractivity contribution is 0.101. The summed E-state index contributed by atoms with van der Waals surface area (Å²) in [6, 6.07) is 7.12. The molecule has 0 fully saturated rings. The van der Waals surface area contributed by atoms with E-state index in [1.165, 1.54) is 6.20 Å². The Hall–Kier alpha value is -3.07. The maximum atomic E-state index is 13.7. The van der Waals surface area contributed by atoms with Crippen LogP contribution in [0.3, 0.4) is 0 Å². The first-order chi connectivity index (χ1) is 14.0. The molecule has 0 saturated heterocycles. The Kier molecular flexibility index (Phi) is 6.07. The lowest BCUT2D eigenvalue weighted by Crippen LogP contribution is -2.30. The number of nitrogens with zero attached hydrogens (tertiary/aromatic N) is 2. The average Bonchev–Trinajstić information content (AvgIpc) is 3.17. The number of methoxy groups -OCH3 is 1. The number of rotatable bonds is 8. The molecular weight excluding hydrogens is 380 g/mol. The monoisotopic (exact) mass is 403 g/mol. The predicted molar refractivity (Wildman–Crippen MR) is 107 cm³/mol. The number of anilines is 2. The number of aromatic amines is 1. The number of H-pyrrole nitrogens is 1. The van der Waals surface area contributed by atoms with Gasteiger partial charge >= 0.3 is 0 Å². The molecule has 0 aliphatic heterocycles. The third kappa shape index (κ3) is 3.91. The van der Waals surface area contributed by atoms with Crippen LogP contribution in [0.5, 0.6) is 0 Å². The Balaban J connectivity index is 1.90. The number of carbonyl (C=O) groups is 1. The zero-order valence-electron chi connectivity index (χ0n) is 16.3. The summed E-state index contributed by atoms with van der Waals surface area (Å²) in [7, 11) is 1.60. The van der Waals surface area contributed by atoms with Gasteiger partial charge in [0.2, 0.25) is 5.82 Å². The molecule has 2 aromatic heterocycles. The molecule has 0 spiro atoms. The van der Waals surface area contributed by atoms with E-state index in [-0.39, 0.29) is 23.7 Å². The highest BCUT2D eigenvalue weighted by Crippen LogP contribution is 2.36. The highest BCUT2D eigenvalue weighted by molar-refractivity contribution is 6.03. The van der Waals surface area contributed by atoms with Gasteiger partial charge < -0.3 is 20.8 Å². The van der Waals surface area contributed by atoms with Crippen molar-refractivity contribution in [2.24, 2.45) is 0 Å². The zero-order chi connectivity index (χ0) is 21.0. The Morgan fingerprint density at radius 1 is 1.24 bits per heavy atom. The Morgan fingerprint density at radius 3 is 2.52 bits per heavy atom.